The molecule has 1 aromatic rings. The Morgan fingerprint density at radius 1 is 1.24 bits per heavy atom. The molecule has 0 fully saturated rings. The number of anilines is 1. The van der Waals surface area contributed by atoms with E-state index < -0.39 is 5.91 Å². The predicted molar refractivity (Wildman–Crippen MR) is 66.4 cm³/mol. The van der Waals surface area contributed by atoms with E-state index in [9.17, 15) is 9.59 Å². The summed E-state index contributed by atoms with van der Waals surface area (Å²) in [6.45, 7) is 3.21. The number of likely N-dealkylation sites (N-methyl/N-ethyl adjacent to an activating group) is 1. The molecule has 1 amide bonds. The highest BCUT2D eigenvalue weighted by atomic mass is 16.2. The van der Waals surface area contributed by atoms with Crippen molar-refractivity contribution in [2.75, 3.05) is 32.1 Å². The molecule has 0 atom stereocenters. The topological polar surface area (TPSA) is 40.6 Å². The Kier molecular flexibility index (Phi) is 2.98. The van der Waals surface area contributed by atoms with E-state index in [4.69, 9.17) is 0 Å². The second-order valence-electron chi connectivity index (χ2n) is 4.61. The van der Waals surface area contributed by atoms with Gasteiger partial charge in [0.15, 0.2) is 0 Å². The zero-order valence-corrected chi connectivity index (χ0v) is 10.4. The van der Waals surface area contributed by atoms with E-state index in [1.54, 1.807) is 11.0 Å². The highest BCUT2D eigenvalue weighted by molar-refractivity contribution is 6.52. The largest absolute Gasteiger partial charge is 0.308 e. The van der Waals surface area contributed by atoms with Crippen molar-refractivity contribution in [1.29, 1.82) is 0 Å². The molecule has 0 aliphatic carbocycles. The summed E-state index contributed by atoms with van der Waals surface area (Å²) in [5.74, 6) is -0.796. The molecule has 0 bridgehead atoms. The average molecular weight is 232 g/mol. The third-order valence-electron chi connectivity index (χ3n) is 2.90. The van der Waals surface area contributed by atoms with Gasteiger partial charge in [-0.3, -0.25) is 9.59 Å². The van der Waals surface area contributed by atoms with Crippen molar-refractivity contribution in [2.24, 2.45) is 0 Å². The van der Waals surface area contributed by atoms with Crippen LogP contribution in [0.5, 0.6) is 0 Å². The van der Waals surface area contributed by atoms with Crippen molar-refractivity contribution in [3.8, 4) is 0 Å². The lowest BCUT2D eigenvalue weighted by Crippen LogP contribution is -2.35. The van der Waals surface area contributed by atoms with Gasteiger partial charge in [0.25, 0.3) is 11.7 Å². The summed E-state index contributed by atoms with van der Waals surface area (Å²) in [5.41, 5.74) is 2.28. The molecule has 0 N–H and O–H groups in total. The number of hydrogen-bond acceptors (Lipinski definition) is 3. The van der Waals surface area contributed by atoms with Gasteiger partial charge in [0.05, 0.1) is 11.3 Å². The zero-order chi connectivity index (χ0) is 12.6. The molecule has 1 aromatic carbocycles. The minimum atomic E-state index is -0.410. The minimum Gasteiger partial charge on any atom is -0.308 e. The molecule has 1 aliphatic heterocycles. The number of Topliss-reactive ketones (excluding diaryl/α,β-unsaturated/α-hetero) is 1. The fourth-order valence-corrected chi connectivity index (χ4v) is 1.94. The Labute approximate surface area is 101 Å². The lowest BCUT2D eigenvalue weighted by Gasteiger charge is -2.19. The Bertz CT molecular complexity index is 480. The third-order valence-corrected chi connectivity index (χ3v) is 2.90. The van der Waals surface area contributed by atoms with Gasteiger partial charge in [0.1, 0.15) is 0 Å². The van der Waals surface area contributed by atoms with Gasteiger partial charge >= 0.3 is 0 Å². The Balaban J connectivity index is 2.31. The highest BCUT2D eigenvalue weighted by Crippen LogP contribution is 2.29. The van der Waals surface area contributed by atoms with Crippen LogP contribution in [0, 0.1) is 6.92 Å². The summed E-state index contributed by atoms with van der Waals surface area (Å²) in [7, 11) is 3.89. The quantitative estimate of drug-likeness (QED) is 0.732. The molecule has 4 heteroatoms. The molecule has 1 aliphatic rings. The Morgan fingerprint density at radius 3 is 2.59 bits per heavy atom. The first-order valence-electron chi connectivity index (χ1n) is 5.62. The van der Waals surface area contributed by atoms with Gasteiger partial charge in [-0.2, -0.15) is 0 Å². The summed E-state index contributed by atoms with van der Waals surface area (Å²) in [5, 5.41) is 0. The van der Waals surface area contributed by atoms with Crippen LogP contribution in [0.1, 0.15) is 15.9 Å². The number of carbonyl (C=O) groups is 2. The number of amides is 1. The van der Waals surface area contributed by atoms with E-state index >= 15 is 0 Å². The van der Waals surface area contributed by atoms with Gasteiger partial charge in [-0.25, -0.2) is 0 Å². The number of fused-ring (bicyclic) bond motifs is 1. The van der Waals surface area contributed by atoms with Crippen LogP contribution in [0.25, 0.3) is 0 Å². The van der Waals surface area contributed by atoms with Crippen LogP contribution in [0.3, 0.4) is 0 Å². The molecule has 0 saturated carbocycles. The fourth-order valence-electron chi connectivity index (χ4n) is 1.94. The van der Waals surface area contributed by atoms with Crippen molar-refractivity contribution in [1.82, 2.24) is 4.90 Å². The Morgan fingerprint density at radius 2 is 1.94 bits per heavy atom. The molecule has 0 aromatic heterocycles. The van der Waals surface area contributed by atoms with Crippen molar-refractivity contribution in [3.05, 3.63) is 29.3 Å². The number of nitrogens with zero attached hydrogens (tertiary/aromatic N) is 2. The van der Waals surface area contributed by atoms with E-state index in [0.717, 1.165) is 17.8 Å². The monoisotopic (exact) mass is 232 g/mol. The second kappa shape index (κ2) is 4.30. The molecule has 0 unspecified atom stereocenters. The van der Waals surface area contributed by atoms with Crippen LogP contribution in [0.15, 0.2) is 18.2 Å². The van der Waals surface area contributed by atoms with E-state index in [2.05, 4.69) is 0 Å². The normalized spacial score (nSPS) is 14.7. The van der Waals surface area contributed by atoms with E-state index in [1.165, 1.54) is 0 Å². The van der Waals surface area contributed by atoms with Gasteiger partial charge in [-0.1, -0.05) is 11.6 Å². The summed E-state index contributed by atoms with van der Waals surface area (Å²) in [4.78, 5) is 27.2. The third kappa shape index (κ3) is 2.08. The van der Waals surface area contributed by atoms with Crippen LogP contribution in [-0.2, 0) is 4.79 Å². The average Bonchev–Trinajstić information content (AvgIpc) is 2.50. The van der Waals surface area contributed by atoms with Crippen LogP contribution < -0.4 is 4.90 Å². The molecule has 0 radical (unpaired) electrons. The number of carbonyl (C=O) groups excluding carboxylic acids is 2. The molecule has 1 heterocycles. The number of ketones is 1. The minimum absolute atomic E-state index is 0.387. The molecular weight excluding hydrogens is 216 g/mol. The van der Waals surface area contributed by atoms with Crippen LogP contribution in [-0.4, -0.2) is 43.8 Å². The second-order valence-corrected chi connectivity index (χ2v) is 4.61. The maximum Gasteiger partial charge on any atom is 0.299 e. The number of aryl methyl sites for hydroxylation is 1. The molecule has 0 saturated heterocycles. The van der Waals surface area contributed by atoms with Crippen molar-refractivity contribution in [3.63, 3.8) is 0 Å². The highest BCUT2D eigenvalue weighted by Gasteiger charge is 2.35. The van der Waals surface area contributed by atoms with Gasteiger partial charge in [-0.15, -0.1) is 0 Å². The number of benzene rings is 1. The molecule has 2 rings (SSSR count). The van der Waals surface area contributed by atoms with Crippen molar-refractivity contribution >= 4 is 17.4 Å². The SMILES string of the molecule is Cc1ccc2c(c1)C(=O)C(=O)N2CCN(C)C. The predicted octanol–water partition coefficient (Wildman–Crippen LogP) is 1.09. The van der Waals surface area contributed by atoms with Crippen LogP contribution >= 0.6 is 0 Å². The zero-order valence-electron chi connectivity index (χ0n) is 10.4. The standard InChI is InChI=1S/C13H16N2O2/c1-9-4-5-11-10(8-9)12(16)13(17)15(11)7-6-14(2)3/h4-5,8H,6-7H2,1-3H3. The maximum atomic E-state index is 11.8. The van der Waals surface area contributed by atoms with Gasteiger partial charge in [0, 0.05) is 13.1 Å². The molecule has 4 nitrogen and oxygen atoms in total. The van der Waals surface area contributed by atoms with E-state index in [-0.39, 0.29) is 5.78 Å². The van der Waals surface area contributed by atoms with Gasteiger partial charge in [0.2, 0.25) is 0 Å². The first-order chi connectivity index (χ1) is 8.00. The summed E-state index contributed by atoms with van der Waals surface area (Å²) in [6.07, 6.45) is 0. The van der Waals surface area contributed by atoms with E-state index in [0.29, 0.717) is 12.1 Å². The molecule has 0 spiro atoms. The first kappa shape index (κ1) is 11.8. The Hall–Kier alpha value is -1.68. The maximum absolute atomic E-state index is 11.8. The lowest BCUT2D eigenvalue weighted by atomic mass is 10.1. The summed E-state index contributed by atoms with van der Waals surface area (Å²) >= 11 is 0. The number of rotatable bonds is 3. The smallest absolute Gasteiger partial charge is 0.299 e. The fraction of sp³-hybridized carbons (Fsp3) is 0.385. The first-order valence-corrected chi connectivity index (χ1v) is 5.62. The lowest BCUT2D eigenvalue weighted by molar-refractivity contribution is -0.114. The van der Waals surface area contributed by atoms with Gasteiger partial charge in [-0.05, 0) is 33.2 Å². The summed E-state index contributed by atoms with van der Waals surface area (Å²) in [6, 6.07) is 5.56. The molecular formula is C13H16N2O2. The van der Waals surface area contributed by atoms with Crippen LogP contribution in [0.4, 0.5) is 5.69 Å². The van der Waals surface area contributed by atoms with Crippen LogP contribution in [0.2, 0.25) is 0 Å². The van der Waals surface area contributed by atoms with Crippen molar-refractivity contribution < 1.29 is 9.59 Å². The van der Waals surface area contributed by atoms with Crippen molar-refractivity contribution in [2.45, 2.75) is 6.92 Å². The molecule has 17 heavy (non-hydrogen) atoms. The summed E-state index contributed by atoms with van der Waals surface area (Å²) < 4.78 is 0. The molecule has 90 valence electrons. The van der Waals surface area contributed by atoms with Gasteiger partial charge < -0.3 is 9.80 Å². The van der Waals surface area contributed by atoms with E-state index in [1.807, 2.05) is 38.1 Å². The number of hydrogen-bond donors (Lipinski definition) is 0.